The zero-order valence-electron chi connectivity index (χ0n) is 11.0. The molecular weight excluding hydrogens is 246 g/mol. The number of rotatable bonds is 4. The Kier molecular flexibility index (Phi) is 3.46. The van der Waals surface area contributed by atoms with Crippen molar-refractivity contribution in [3.05, 3.63) is 35.5 Å². The van der Waals surface area contributed by atoms with Crippen LogP contribution >= 0.6 is 0 Å². The molecule has 0 radical (unpaired) electrons. The maximum Gasteiger partial charge on any atom is 0.339 e. The predicted molar refractivity (Wildman–Crippen MR) is 69.0 cm³/mol. The minimum atomic E-state index is -1.00. The topological polar surface area (TPSA) is 92.9 Å². The molecule has 0 saturated heterocycles. The fraction of sp³-hybridized carbons (Fsp3) is 0.333. The molecule has 0 saturated carbocycles. The maximum absolute atomic E-state index is 11.3. The number of carboxylic acids is 1. The molecule has 0 fully saturated rings. The summed E-state index contributed by atoms with van der Waals surface area (Å²) in [6, 6.07) is 1.47. The van der Waals surface area contributed by atoms with Crippen LogP contribution in [-0.4, -0.2) is 30.8 Å². The number of aromatic carboxylic acids is 1. The molecule has 0 aliphatic carbocycles. The molecule has 7 nitrogen and oxygen atoms in total. The molecule has 0 bridgehead atoms. The standard InChI is InChI=1S/C12H15N5O2/c1-7-4-5-13-10(9(7)12(18)19)15-8(2)11-16-14-6-17(11)3/h4-6,8H,1-3H3,(H,13,15)(H,18,19). The summed E-state index contributed by atoms with van der Waals surface area (Å²) in [4.78, 5) is 15.4. The first kappa shape index (κ1) is 13.0. The Hall–Kier alpha value is -2.44. The molecule has 2 N–H and O–H groups in total. The van der Waals surface area contributed by atoms with E-state index in [4.69, 9.17) is 0 Å². The van der Waals surface area contributed by atoms with Gasteiger partial charge in [0, 0.05) is 13.2 Å². The molecule has 0 aliphatic heterocycles. The fourth-order valence-electron chi connectivity index (χ4n) is 1.89. The average molecular weight is 261 g/mol. The van der Waals surface area contributed by atoms with Crippen LogP contribution in [0.4, 0.5) is 5.82 Å². The van der Waals surface area contributed by atoms with E-state index in [1.165, 1.54) is 0 Å². The van der Waals surface area contributed by atoms with Crippen LogP contribution in [0.1, 0.15) is 34.7 Å². The molecule has 1 atom stereocenters. The highest BCUT2D eigenvalue weighted by atomic mass is 16.4. The Morgan fingerprint density at radius 2 is 2.26 bits per heavy atom. The number of hydrogen-bond donors (Lipinski definition) is 2. The zero-order chi connectivity index (χ0) is 14.0. The van der Waals surface area contributed by atoms with Crippen molar-refractivity contribution in [3.8, 4) is 0 Å². The largest absolute Gasteiger partial charge is 0.478 e. The van der Waals surface area contributed by atoms with E-state index >= 15 is 0 Å². The number of aryl methyl sites for hydroxylation is 2. The summed E-state index contributed by atoms with van der Waals surface area (Å²) in [5.74, 6) is 0.0425. The summed E-state index contributed by atoms with van der Waals surface area (Å²) in [6.07, 6.45) is 3.17. The molecule has 2 aromatic heterocycles. The van der Waals surface area contributed by atoms with Crippen LogP contribution in [0.25, 0.3) is 0 Å². The Morgan fingerprint density at radius 3 is 2.84 bits per heavy atom. The smallest absolute Gasteiger partial charge is 0.339 e. The predicted octanol–water partition coefficient (Wildman–Crippen LogP) is 1.39. The van der Waals surface area contributed by atoms with Gasteiger partial charge in [0.15, 0.2) is 5.82 Å². The van der Waals surface area contributed by atoms with Gasteiger partial charge in [-0.15, -0.1) is 10.2 Å². The lowest BCUT2D eigenvalue weighted by molar-refractivity contribution is 0.0696. The minimum Gasteiger partial charge on any atom is -0.478 e. The van der Waals surface area contributed by atoms with Gasteiger partial charge in [-0.25, -0.2) is 9.78 Å². The van der Waals surface area contributed by atoms with Gasteiger partial charge in [-0.2, -0.15) is 0 Å². The average Bonchev–Trinajstić information content (AvgIpc) is 2.75. The SMILES string of the molecule is Cc1ccnc(NC(C)c2nncn2C)c1C(=O)O. The number of nitrogens with zero attached hydrogens (tertiary/aromatic N) is 4. The van der Waals surface area contributed by atoms with Crippen LogP contribution < -0.4 is 5.32 Å². The monoisotopic (exact) mass is 261 g/mol. The van der Waals surface area contributed by atoms with Gasteiger partial charge < -0.3 is 15.0 Å². The molecule has 2 heterocycles. The Balaban J connectivity index is 2.32. The summed E-state index contributed by atoms with van der Waals surface area (Å²) in [5.41, 5.74) is 0.840. The van der Waals surface area contributed by atoms with Crippen molar-refractivity contribution in [2.24, 2.45) is 7.05 Å². The van der Waals surface area contributed by atoms with E-state index in [-0.39, 0.29) is 11.6 Å². The molecule has 0 aliphatic rings. The first-order chi connectivity index (χ1) is 9.00. The highest BCUT2D eigenvalue weighted by Crippen LogP contribution is 2.21. The van der Waals surface area contributed by atoms with Crippen molar-refractivity contribution in [1.82, 2.24) is 19.7 Å². The van der Waals surface area contributed by atoms with Gasteiger partial charge in [0.1, 0.15) is 17.7 Å². The number of carbonyl (C=O) groups is 1. The molecule has 7 heteroatoms. The lowest BCUT2D eigenvalue weighted by Gasteiger charge is -2.16. The van der Waals surface area contributed by atoms with Crippen LogP contribution in [0.15, 0.2) is 18.6 Å². The van der Waals surface area contributed by atoms with Crippen LogP contribution in [0.3, 0.4) is 0 Å². The summed E-state index contributed by atoms with van der Waals surface area (Å²) in [7, 11) is 1.83. The highest BCUT2D eigenvalue weighted by molar-refractivity contribution is 5.94. The third-order valence-electron chi connectivity index (χ3n) is 2.86. The highest BCUT2D eigenvalue weighted by Gasteiger charge is 2.18. The minimum absolute atomic E-state index is 0.177. The Labute approximate surface area is 110 Å². The van der Waals surface area contributed by atoms with Crippen LogP contribution in [0, 0.1) is 6.92 Å². The van der Waals surface area contributed by atoms with Gasteiger partial charge in [-0.1, -0.05) is 0 Å². The van der Waals surface area contributed by atoms with E-state index < -0.39 is 5.97 Å². The molecule has 100 valence electrons. The number of pyridine rings is 1. The Morgan fingerprint density at radius 1 is 1.53 bits per heavy atom. The second-order valence-corrected chi connectivity index (χ2v) is 4.32. The lowest BCUT2D eigenvalue weighted by Crippen LogP contribution is -2.16. The number of nitrogens with one attached hydrogen (secondary N) is 1. The van der Waals surface area contributed by atoms with Crippen molar-refractivity contribution < 1.29 is 9.90 Å². The maximum atomic E-state index is 11.3. The van der Waals surface area contributed by atoms with Gasteiger partial charge in [-0.3, -0.25) is 0 Å². The van der Waals surface area contributed by atoms with Crippen molar-refractivity contribution in [2.45, 2.75) is 19.9 Å². The molecule has 19 heavy (non-hydrogen) atoms. The molecule has 0 amide bonds. The summed E-state index contributed by atoms with van der Waals surface area (Å²) < 4.78 is 1.77. The fourth-order valence-corrected chi connectivity index (χ4v) is 1.89. The van der Waals surface area contributed by atoms with Crippen molar-refractivity contribution in [1.29, 1.82) is 0 Å². The summed E-state index contributed by atoms with van der Waals surface area (Å²) >= 11 is 0. The number of anilines is 1. The summed E-state index contributed by atoms with van der Waals surface area (Å²) in [6.45, 7) is 3.61. The second-order valence-electron chi connectivity index (χ2n) is 4.32. The van der Waals surface area contributed by atoms with Crippen molar-refractivity contribution in [2.75, 3.05) is 5.32 Å². The zero-order valence-corrected chi connectivity index (χ0v) is 11.0. The second kappa shape index (κ2) is 5.05. The molecule has 0 aromatic carbocycles. The van der Waals surface area contributed by atoms with Gasteiger partial charge in [0.05, 0.1) is 6.04 Å². The van der Waals surface area contributed by atoms with E-state index in [0.717, 1.165) is 0 Å². The third-order valence-corrected chi connectivity index (χ3v) is 2.86. The van der Waals surface area contributed by atoms with Crippen molar-refractivity contribution in [3.63, 3.8) is 0 Å². The van der Waals surface area contributed by atoms with E-state index in [0.29, 0.717) is 17.2 Å². The van der Waals surface area contributed by atoms with Gasteiger partial charge in [-0.05, 0) is 25.5 Å². The normalized spacial score (nSPS) is 12.2. The first-order valence-corrected chi connectivity index (χ1v) is 5.80. The van der Waals surface area contributed by atoms with Gasteiger partial charge in [0.25, 0.3) is 0 Å². The van der Waals surface area contributed by atoms with Crippen LogP contribution in [0.5, 0.6) is 0 Å². The lowest BCUT2D eigenvalue weighted by atomic mass is 10.1. The molecule has 2 aromatic rings. The number of aromatic nitrogens is 4. The summed E-state index contributed by atoms with van der Waals surface area (Å²) in [5, 5.41) is 20.1. The third kappa shape index (κ3) is 2.54. The Bertz CT molecular complexity index is 608. The molecule has 2 rings (SSSR count). The van der Waals surface area contributed by atoms with Crippen LogP contribution in [-0.2, 0) is 7.05 Å². The van der Waals surface area contributed by atoms with E-state index in [1.54, 1.807) is 30.1 Å². The molecular formula is C12H15N5O2. The van der Waals surface area contributed by atoms with Crippen LogP contribution in [0.2, 0.25) is 0 Å². The van der Waals surface area contributed by atoms with Crippen molar-refractivity contribution >= 4 is 11.8 Å². The number of hydrogen-bond acceptors (Lipinski definition) is 5. The quantitative estimate of drug-likeness (QED) is 0.864. The van der Waals surface area contributed by atoms with E-state index in [1.807, 2.05) is 14.0 Å². The number of carboxylic acid groups (broad SMARTS) is 1. The van der Waals surface area contributed by atoms with Gasteiger partial charge >= 0.3 is 5.97 Å². The molecule has 0 spiro atoms. The van der Waals surface area contributed by atoms with E-state index in [2.05, 4.69) is 20.5 Å². The first-order valence-electron chi connectivity index (χ1n) is 5.80. The van der Waals surface area contributed by atoms with Gasteiger partial charge in [0.2, 0.25) is 0 Å². The van der Waals surface area contributed by atoms with E-state index in [9.17, 15) is 9.90 Å². The molecule has 1 unspecified atom stereocenters.